The summed E-state index contributed by atoms with van der Waals surface area (Å²) in [6.07, 6.45) is 5.65. The van der Waals surface area contributed by atoms with Gasteiger partial charge in [0.25, 0.3) is 0 Å². The van der Waals surface area contributed by atoms with Crippen LogP contribution in [0.2, 0.25) is 0 Å². The Labute approximate surface area is 125 Å². The van der Waals surface area contributed by atoms with Gasteiger partial charge in [0.1, 0.15) is 0 Å². The number of benzene rings is 1. The van der Waals surface area contributed by atoms with Crippen LogP contribution in [-0.4, -0.2) is 36.6 Å². The van der Waals surface area contributed by atoms with Crippen molar-refractivity contribution in [3.8, 4) is 6.07 Å². The summed E-state index contributed by atoms with van der Waals surface area (Å²) in [5.41, 5.74) is 1.53. The molecule has 0 bridgehead atoms. The van der Waals surface area contributed by atoms with Crippen LogP contribution in [0, 0.1) is 11.3 Å². The zero-order valence-corrected chi connectivity index (χ0v) is 12.3. The van der Waals surface area contributed by atoms with Crippen molar-refractivity contribution < 1.29 is 9.53 Å². The van der Waals surface area contributed by atoms with Crippen LogP contribution in [0.5, 0.6) is 0 Å². The number of nitrogens with zero attached hydrogens (tertiary/aromatic N) is 2. The molecule has 1 aromatic carbocycles. The number of hydrogen-bond acceptors (Lipinski definition) is 3. The third kappa shape index (κ3) is 4.44. The Morgan fingerprint density at radius 1 is 1.48 bits per heavy atom. The largest absolute Gasteiger partial charge is 0.376 e. The highest BCUT2D eigenvalue weighted by Gasteiger charge is 2.20. The van der Waals surface area contributed by atoms with Gasteiger partial charge in [-0.25, -0.2) is 0 Å². The highest BCUT2D eigenvalue weighted by atomic mass is 16.5. The van der Waals surface area contributed by atoms with Crippen LogP contribution < -0.4 is 0 Å². The van der Waals surface area contributed by atoms with E-state index in [0.717, 1.165) is 25.0 Å². The number of ether oxygens (including phenoxy) is 1. The van der Waals surface area contributed by atoms with Crippen LogP contribution in [0.1, 0.15) is 30.9 Å². The Kier molecular flexibility index (Phi) is 5.53. The van der Waals surface area contributed by atoms with Crippen LogP contribution in [0.15, 0.2) is 30.3 Å². The smallest absolute Gasteiger partial charge is 0.246 e. The van der Waals surface area contributed by atoms with Crippen molar-refractivity contribution in [2.75, 3.05) is 19.7 Å². The molecule has 1 aliphatic heterocycles. The molecule has 0 aliphatic carbocycles. The van der Waals surface area contributed by atoms with E-state index in [1.807, 2.05) is 19.1 Å². The van der Waals surface area contributed by atoms with Crippen LogP contribution in [0.25, 0.3) is 6.08 Å². The normalized spacial score (nSPS) is 17.8. The topological polar surface area (TPSA) is 53.3 Å². The Bertz CT molecular complexity index is 537. The average Bonchev–Trinajstić information content (AvgIpc) is 3.03. The first kappa shape index (κ1) is 15.3. The lowest BCUT2D eigenvalue weighted by Gasteiger charge is -2.22. The van der Waals surface area contributed by atoms with E-state index in [1.54, 1.807) is 29.2 Å². The van der Waals surface area contributed by atoms with E-state index >= 15 is 0 Å². The van der Waals surface area contributed by atoms with Crippen molar-refractivity contribution in [3.05, 3.63) is 41.5 Å². The monoisotopic (exact) mass is 284 g/mol. The predicted molar refractivity (Wildman–Crippen MR) is 81.4 cm³/mol. The number of nitriles is 1. The second-order valence-electron chi connectivity index (χ2n) is 5.08. The molecule has 0 spiro atoms. The van der Waals surface area contributed by atoms with Gasteiger partial charge in [-0.2, -0.15) is 5.26 Å². The molecule has 21 heavy (non-hydrogen) atoms. The maximum atomic E-state index is 12.2. The van der Waals surface area contributed by atoms with Crippen molar-refractivity contribution >= 4 is 12.0 Å². The maximum Gasteiger partial charge on any atom is 0.246 e. The third-order valence-corrected chi connectivity index (χ3v) is 3.60. The summed E-state index contributed by atoms with van der Waals surface area (Å²) < 4.78 is 5.58. The van der Waals surface area contributed by atoms with Gasteiger partial charge in [-0.15, -0.1) is 0 Å². The second kappa shape index (κ2) is 7.61. The molecule has 1 heterocycles. The molecule has 2 rings (SSSR count). The fraction of sp³-hybridized carbons (Fsp3) is 0.412. The number of likely N-dealkylation sites (N-methyl/N-ethyl adjacent to an activating group) is 1. The molecule has 110 valence electrons. The van der Waals surface area contributed by atoms with Crippen LogP contribution in [-0.2, 0) is 9.53 Å². The number of carbonyl (C=O) groups excluding carboxylic acids is 1. The zero-order valence-electron chi connectivity index (χ0n) is 12.3. The van der Waals surface area contributed by atoms with Gasteiger partial charge < -0.3 is 9.64 Å². The number of carbonyl (C=O) groups is 1. The lowest BCUT2D eigenvalue weighted by molar-refractivity contribution is -0.127. The summed E-state index contributed by atoms with van der Waals surface area (Å²) in [7, 11) is 0. The maximum absolute atomic E-state index is 12.2. The van der Waals surface area contributed by atoms with Gasteiger partial charge in [-0.3, -0.25) is 4.79 Å². The fourth-order valence-electron chi connectivity index (χ4n) is 2.35. The Morgan fingerprint density at radius 3 is 2.81 bits per heavy atom. The van der Waals surface area contributed by atoms with Gasteiger partial charge in [-0.05, 0) is 43.5 Å². The summed E-state index contributed by atoms with van der Waals surface area (Å²) in [5, 5.41) is 8.75. The molecule has 0 saturated carbocycles. The summed E-state index contributed by atoms with van der Waals surface area (Å²) in [4.78, 5) is 14.0. The van der Waals surface area contributed by atoms with Crippen LogP contribution in [0.4, 0.5) is 0 Å². The third-order valence-electron chi connectivity index (χ3n) is 3.60. The Hall–Kier alpha value is -2.12. The van der Waals surface area contributed by atoms with E-state index < -0.39 is 0 Å². The highest BCUT2D eigenvalue weighted by Crippen LogP contribution is 2.14. The molecule has 0 N–H and O–H groups in total. The van der Waals surface area contributed by atoms with Gasteiger partial charge in [0.2, 0.25) is 5.91 Å². The van der Waals surface area contributed by atoms with Crippen LogP contribution >= 0.6 is 0 Å². The van der Waals surface area contributed by atoms with E-state index in [1.165, 1.54) is 0 Å². The molecule has 4 nitrogen and oxygen atoms in total. The van der Waals surface area contributed by atoms with Crippen LogP contribution in [0.3, 0.4) is 0 Å². The first-order chi connectivity index (χ1) is 10.2. The minimum atomic E-state index is -0.00244. The first-order valence-electron chi connectivity index (χ1n) is 7.31. The first-order valence-corrected chi connectivity index (χ1v) is 7.31. The molecule has 1 atom stereocenters. The number of rotatable bonds is 5. The molecule has 1 fully saturated rings. The average molecular weight is 284 g/mol. The van der Waals surface area contributed by atoms with Crippen molar-refractivity contribution in [3.63, 3.8) is 0 Å². The Morgan fingerprint density at radius 2 is 2.24 bits per heavy atom. The van der Waals surface area contributed by atoms with Gasteiger partial charge in [0.05, 0.1) is 17.7 Å². The van der Waals surface area contributed by atoms with E-state index in [0.29, 0.717) is 18.7 Å². The van der Waals surface area contributed by atoms with E-state index in [-0.39, 0.29) is 12.0 Å². The standard InChI is InChI=1S/C17H20N2O2/c1-2-19(13-16-4-3-11-21-16)17(20)10-9-14-5-7-15(12-18)8-6-14/h5-10,16H,2-4,11,13H2,1H3/b10-9+. The molecule has 4 heteroatoms. The molecule has 1 aromatic rings. The molecule has 1 amide bonds. The Balaban J connectivity index is 1.93. The fourth-order valence-corrected chi connectivity index (χ4v) is 2.35. The summed E-state index contributed by atoms with van der Waals surface area (Å²) in [6.45, 7) is 4.11. The summed E-state index contributed by atoms with van der Waals surface area (Å²) in [5.74, 6) is -0.00244. The lowest BCUT2D eigenvalue weighted by Crippen LogP contribution is -2.36. The van der Waals surface area contributed by atoms with Crippen molar-refractivity contribution in [1.82, 2.24) is 4.90 Å². The van der Waals surface area contributed by atoms with Gasteiger partial charge >= 0.3 is 0 Å². The highest BCUT2D eigenvalue weighted by molar-refractivity contribution is 5.91. The molecule has 1 unspecified atom stereocenters. The molecular weight excluding hydrogens is 264 g/mol. The van der Waals surface area contributed by atoms with E-state index in [4.69, 9.17) is 10.00 Å². The van der Waals surface area contributed by atoms with Gasteiger partial charge in [0.15, 0.2) is 0 Å². The minimum Gasteiger partial charge on any atom is -0.376 e. The minimum absolute atomic E-state index is 0.00244. The lowest BCUT2D eigenvalue weighted by atomic mass is 10.1. The van der Waals surface area contributed by atoms with Crippen molar-refractivity contribution in [1.29, 1.82) is 5.26 Å². The van der Waals surface area contributed by atoms with E-state index in [9.17, 15) is 4.79 Å². The van der Waals surface area contributed by atoms with Crippen molar-refractivity contribution in [2.45, 2.75) is 25.9 Å². The number of amides is 1. The second-order valence-corrected chi connectivity index (χ2v) is 5.08. The van der Waals surface area contributed by atoms with Crippen molar-refractivity contribution in [2.24, 2.45) is 0 Å². The molecule has 0 aromatic heterocycles. The molecular formula is C17H20N2O2. The van der Waals surface area contributed by atoms with Gasteiger partial charge in [-0.1, -0.05) is 12.1 Å². The quantitative estimate of drug-likeness (QED) is 0.781. The van der Waals surface area contributed by atoms with E-state index in [2.05, 4.69) is 6.07 Å². The molecule has 1 saturated heterocycles. The predicted octanol–water partition coefficient (Wildman–Crippen LogP) is 2.60. The van der Waals surface area contributed by atoms with Gasteiger partial charge in [0, 0.05) is 25.8 Å². The zero-order chi connectivity index (χ0) is 15.1. The SMILES string of the molecule is CCN(CC1CCCO1)C(=O)/C=C/c1ccc(C#N)cc1. The molecule has 1 aliphatic rings. The summed E-state index contributed by atoms with van der Waals surface area (Å²) >= 11 is 0. The number of hydrogen-bond donors (Lipinski definition) is 0. The molecule has 0 radical (unpaired) electrons. The summed E-state index contributed by atoms with van der Waals surface area (Å²) in [6, 6.07) is 9.23.